The zero-order valence-electron chi connectivity index (χ0n) is 7.00. The minimum absolute atomic E-state index is 0.0900. The van der Waals surface area contributed by atoms with Gasteiger partial charge in [-0.1, -0.05) is 0 Å². The highest BCUT2D eigenvalue weighted by Gasteiger charge is 2.04. The molecule has 0 unspecified atom stereocenters. The first kappa shape index (κ1) is 9.63. The average Bonchev–Trinajstić information content (AvgIpc) is 2.15. The van der Waals surface area contributed by atoms with E-state index in [4.69, 9.17) is 0 Å². The van der Waals surface area contributed by atoms with Crippen LogP contribution >= 0.6 is 0 Å². The van der Waals surface area contributed by atoms with Crippen molar-refractivity contribution in [3.63, 3.8) is 0 Å². The van der Waals surface area contributed by atoms with Gasteiger partial charge in [0.15, 0.2) is 6.61 Å². The van der Waals surface area contributed by atoms with E-state index in [0.717, 1.165) is 0 Å². The van der Waals surface area contributed by atoms with Gasteiger partial charge in [-0.25, -0.2) is 8.78 Å². The molecule has 0 radical (unpaired) electrons. The van der Waals surface area contributed by atoms with Crippen LogP contribution in [0.4, 0.5) is 14.6 Å². The lowest BCUT2D eigenvalue weighted by molar-refractivity contribution is 0.0794. The molecule has 1 N–H and O–H groups in total. The number of rotatable bonds is 4. The van der Waals surface area contributed by atoms with E-state index < -0.39 is 13.0 Å². The molecule has 1 rings (SSSR count). The highest BCUT2D eigenvalue weighted by atomic mass is 19.3. The van der Waals surface area contributed by atoms with Gasteiger partial charge in [-0.3, -0.25) is 4.98 Å². The van der Waals surface area contributed by atoms with Gasteiger partial charge in [0.05, 0.1) is 12.4 Å². The van der Waals surface area contributed by atoms with Crippen LogP contribution in [0.3, 0.4) is 0 Å². The molecular weight excluding hydrogens is 180 g/mol. The molecule has 1 aromatic heterocycles. The molecule has 0 saturated carbocycles. The molecule has 0 amide bonds. The lowest BCUT2D eigenvalue weighted by Gasteiger charge is -2.04. The third-order valence-electron chi connectivity index (χ3n) is 1.23. The molecule has 1 heterocycles. The van der Waals surface area contributed by atoms with Crippen LogP contribution in [0.1, 0.15) is 0 Å². The summed E-state index contributed by atoms with van der Waals surface area (Å²) in [6, 6.07) is 0. The van der Waals surface area contributed by atoms with Crippen LogP contribution in [0.25, 0.3) is 0 Å². The van der Waals surface area contributed by atoms with E-state index in [1.165, 1.54) is 12.4 Å². The third kappa shape index (κ3) is 3.18. The topological polar surface area (TPSA) is 47.0 Å². The van der Waals surface area contributed by atoms with Gasteiger partial charge in [-0.05, 0) is 0 Å². The van der Waals surface area contributed by atoms with E-state index in [9.17, 15) is 8.78 Å². The van der Waals surface area contributed by atoms with Gasteiger partial charge in [-0.15, -0.1) is 0 Å². The fraction of sp³-hybridized carbons (Fsp3) is 0.429. The van der Waals surface area contributed by atoms with E-state index in [1.54, 1.807) is 7.05 Å². The summed E-state index contributed by atoms with van der Waals surface area (Å²) in [5, 5.41) is 2.71. The lowest BCUT2D eigenvalue weighted by atomic mass is 10.6. The number of hydrogen-bond acceptors (Lipinski definition) is 4. The Kier molecular flexibility index (Phi) is 3.36. The highest BCUT2D eigenvalue weighted by molar-refractivity contribution is 5.31. The van der Waals surface area contributed by atoms with Gasteiger partial charge in [0.25, 0.3) is 6.43 Å². The van der Waals surface area contributed by atoms with Crippen molar-refractivity contribution in [2.24, 2.45) is 0 Å². The largest absolute Gasteiger partial charge is 0.470 e. The van der Waals surface area contributed by atoms with Gasteiger partial charge in [-0.2, -0.15) is 4.98 Å². The summed E-state index contributed by atoms with van der Waals surface area (Å²) in [7, 11) is 1.65. The van der Waals surface area contributed by atoms with Crippen LogP contribution in [0.5, 0.6) is 5.88 Å². The Balaban J connectivity index is 2.56. The molecule has 4 nitrogen and oxygen atoms in total. The number of aromatic nitrogens is 2. The van der Waals surface area contributed by atoms with Crippen LogP contribution in [0.15, 0.2) is 12.4 Å². The zero-order chi connectivity index (χ0) is 9.68. The second-order valence-electron chi connectivity index (χ2n) is 2.19. The van der Waals surface area contributed by atoms with E-state index in [-0.39, 0.29) is 5.88 Å². The van der Waals surface area contributed by atoms with E-state index >= 15 is 0 Å². The Labute approximate surface area is 74.0 Å². The summed E-state index contributed by atoms with van der Waals surface area (Å²) < 4.78 is 28.1. The minimum Gasteiger partial charge on any atom is -0.470 e. The molecule has 72 valence electrons. The number of anilines is 1. The normalized spacial score (nSPS) is 10.2. The molecule has 0 bridgehead atoms. The van der Waals surface area contributed by atoms with Crippen LogP contribution in [-0.4, -0.2) is 30.0 Å². The number of ether oxygens (including phenoxy) is 1. The molecule has 0 atom stereocenters. The van der Waals surface area contributed by atoms with Crippen molar-refractivity contribution in [3.05, 3.63) is 12.4 Å². The van der Waals surface area contributed by atoms with Gasteiger partial charge < -0.3 is 10.1 Å². The van der Waals surface area contributed by atoms with E-state index in [2.05, 4.69) is 20.0 Å². The monoisotopic (exact) mass is 189 g/mol. The minimum atomic E-state index is -2.50. The second-order valence-corrected chi connectivity index (χ2v) is 2.19. The Morgan fingerprint density at radius 3 is 2.92 bits per heavy atom. The molecule has 0 aliphatic rings. The molecule has 0 aliphatic carbocycles. The Bertz CT molecular complexity index is 270. The summed E-state index contributed by atoms with van der Waals surface area (Å²) in [6.07, 6.45) is 0.249. The van der Waals surface area contributed by atoms with Crippen molar-refractivity contribution >= 4 is 5.82 Å². The standard InChI is InChI=1S/C7H9F2N3O/c1-10-6-2-11-3-7(12-6)13-4-5(8)9/h2-3,5H,4H2,1H3,(H,10,12). The van der Waals surface area contributed by atoms with Crippen molar-refractivity contribution in [1.29, 1.82) is 0 Å². The highest BCUT2D eigenvalue weighted by Crippen LogP contribution is 2.08. The van der Waals surface area contributed by atoms with Gasteiger partial charge >= 0.3 is 0 Å². The predicted molar refractivity (Wildman–Crippen MR) is 43.1 cm³/mol. The van der Waals surface area contributed by atoms with Crippen LogP contribution < -0.4 is 10.1 Å². The Morgan fingerprint density at radius 1 is 1.54 bits per heavy atom. The SMILES string of the molecule is CNc1cncc(OCC(F)F)n1. The van der Waals surface area contributed by atoms with Crippen molar-refractivity contribution in [2.45, 2.75) is 6.43 Å². The average molecular weight is 189 g/mol. The maximum absolute atomic E-state index is 11.7. The summed E-state index contributed by atoms with van der Waals surface area (Å²) in [6.45, 7) is -0.665. The fourth-order valence-electron chi connectivity index (χ4n) is 0.686. The molecular formula is C7H9F2N3O. The Hall–Kier alpha value is -1.46. The number of nitrogens with one attached hydrogen (secondary N) is 1. The van der Waals surface area contributed by atoms with Crippen LogP contribution in [-0.2, 0) is 0 Å². The van der Waals surface area contributed by atoms with Crippen molar-refractivity contribution in [1.82, 2.24) is 9.97 Å². The summed E-state index contributed by atoms with van der Waals surface area (Å²) >= 11 is 0. The first-order chi connectivity index (χ1) is 6.22. The van der Waals surface area contributed by atoms with Crippen molar-refractivity contribution in [3.8, 4) is 5.88 Å². The molecule has 6 heteroatoms. The smallest absolute Gasteiger partial charge is 0.272 e. The maximum atomic E-state index is 11.7. The molecule has 0 aromatic carbocycles. The molecule has 0 saturated heterocycles. The van der Waals surface area contributed by atoms with E-state index in [0.29, 0.717) is 5.82 Å². The predicted octanol–water partition coefficient (Wildman–Crippen LogP) is 1.16. The fourth-order valence-corrected chi connectivity index (χ4v) is 0.686. The molecule has 0 aliphatic heterocycles. The zero-order valence-corrected chi connectivity index (χ0v) is 7.00. The van der Waals surface area contributed by atoms with Crippen LogP contribution in [0.2, 0.25) is 0 Å². The summed E-state index contributed by atoms with van der Waals surface area (Å²) in [5.74, 6) is 0.568. The molecule has 0 spiro atoms. The van der Waals surface area contributed by atoms with Crippen molar-refractivity contribution < 1.29 is 13.5 Å². The number of alkyl halides is 2. The number of nitrogens with zero attached hydrogens (tertiary/aromatic N) is 2. The first-order valence-electron chi connectivity index (χ1n) is 3.63. The Morgan fingerprint density at radius 2 is 2.31 bits per heavy atom. The second kappa shape index (κ2) is 4.54. The number of hydrogen-bond donors (Lipinski definition) is 1. The molecule has 13 heavy (non-hydrogen) atoms. The maximum Gasteiger partial charge on any atom is 0.272 e. The quantitative estimate of drug-likeness (QED) is 0.772. The number of halogens is 2. The van der Waals surface area contributed by atoms with E-state index in [1.807, 2.05) is 0 Å². The lowest BCUT2D eigenvalue weighted by Crippen LogP contribution is -2.08. The van der Waals surface area contributed by atoms with Crippen molar-refractivity contribution in [2.75, 3.05) is 19.0 Å². The van der Waals surface area contributed by atoms with Crippen LogP contribution in [0, 0.1) is 0 Å². The molecule has 1 aromatic rings. The van der Waals surface area contributed by atoms with Gasteiger partial charge in [0.2, 0.25) is 5.88 Å². The summed E-state index contributed by atoms with van der Waals surface area (Å²) in [5.41, 5.74) is 0. The summed E-state index contributed by atoms with van der Waals surface area (Å²) in [4.78, 5) is 7.57. The first-order valence-corrected chi connectivity index (χ1v) is 3.63. The van der Waals surface area contributed by atoms with Gasteiger partial charge in [0.1, 0.15) is 5.82 Å². The molecule has 0 fully saturated rings. The third-order valence-corrected chi connectivity index (χ3v) is 1.23. The van der Waals surface area contributed by atoms with Gasteiger partial charge in [0, 0.05) is 7.05 Å².